The number of nitrogens with two attached hydrogens (primary N) is 1. The molecule has 4 atom stereocenters. The first-order valence-corrected chi connectivity index (χ1v) is 7.81. The smallest absolute Gasteiger partial charge is 0.324 e. The Balaban J connectivity index is 2.13. The lowest BCUT2D eigenvalue weighted by atomic mass is 9.67. The van der Waals surface area contributed by atoms with E-state index in [1.54, 1.807) is 24.3 Å². The molecule has 124 valence electrons. The van der Waals surface area contributed by atoms with Crippen LogP contribution < -0.4 is 5.73 Å². The molecule has 6 heteroatoms. The first-order chi connectivity index (χ1) is 10.9. The van der Waals surface area contributed by atoms with E-state index in [4.69, 9.17) is 10.5 Å². The molecule has 0 unspecified atom stereocenters. The number of aliphatic hydroxyl groups excluding tert-OH is 1. The number of hydrogen-bond donors (Lipinski definition) is 2. The largest absolute Gasteiger partial charge is 0.468 e. The highest BCUT2D eigenvalue weighted by Crippen LogP contribution is 2.48. The molecule has 0 saturated carbocycles. The standard InChI is InChI=1S/C17H22N2O4/c1-19-12-6-7-13(19)17(14(20)9-12,16(22)23-2)15(21)10-4-3-5-11(18)8-10/h3-5,8,12-14,20H,6-7,9,18H2,1-2H3/t12-,13+,14-,17+/m0/s1. The maximum atomic E-state index is 13.3. The van der Waals surface area contributed by atoms with Crippen LogP contribution in [0.15, 0.2) is 24.3 Å². The summed E-state index contributed by atoms with van der Waals surface area (Å²) in [5.74, 6) is -1.09. The molecule has 2 bridgehead atoms. The highest BCUT2D eigenvalue weighted by Gasteiger charge is 2.64. The Kier molecular flexibility index (Phi) is 3.90. The maximum absolute atomic E-state index is 13.3. The SMILES string of the molecule is COC(=O)[C@@]1(C(=O)c2cccc(N)c2)[C@@H](O)C[C@@H]2CC[C@H]1N2C. The first kappa shape index (κ1) is 16.0. The summed E-state index contributed by atoms with van der Waals surface area (Å²) in [4.78, 5) is 28.0. The lowest BCUT2D eigenvalue weighted by Gasteiger charge is -2.47. The highest BCUT2D eigenvalue weighted by atomic mass is 16.5. The lowest BCUT2D eigenvalue weighted by molar-refractivity contribution is -0.165. The van der Waals surface area contributed by atoms with Gasteiger partial charge in [-0.15, -0.1) is 0 Å². The van der Waals surface area contributed by atoms with Crippen LogP contribution >= 0.6 is 0 Å². The molecule has 0 amide bonds. The molecule has 2 heterocycles. The maximum Gasteiger partial charge on any atom is 0.324 e. The van der Waals surface area contributed by atoms with Gasteiger partial charge in [0.2, 0.25) is 0 Å². The molecule has 3 rings (SSSR count). The first-order valence-electron chi connectivity index (χ1n) is 7.81. The molecule has 3 N–H and O–H groups in total. The zero-order valence-electron chi connectivity index (χ0n) is 13.4. The fourth-order valence-corrected chi connectivity index (χ4v) is 4.27. The van der Waals surface area contributed by atoms with Crippen molar-refractivity contribution in [1.82, 2.24) is 4.90 Å². The number of esters is 1. The Labute approximate surface area is 135 Å². The van der Waals surface area contributed by atoms with E-state index in [0.29, 0.717) is 24.1 Å². The second-order valence-corrected chi connectivity index (χ2v) is 6.48. The third-order valence-corrected chi connectivity index (χ3v) is 5.44. The van der Waals surface area contributed by atoms with Crippen LogP contribution in [0.2, 0.25) is 0 Å². The van der Waals surface area contributed by atoms with Gasteiger partial charge < -0.3 is 15.6 Å². The molecule has 0 aliphatic carbocycles. The topological polar surface area (TPSA) is 92.9 Å². The predicted octanol–water partition coefficient (Wildman–Crippen LogP) is 0.838. The van der Waals surface area contributed by atoms with Gasteiger partial charge in [0, 0.05) is 23.3 Å². The van der Waals surface area contributed by atoms with Gasteiger partial charge in [-0.3, -0.25) is 14.5 Å². The number of nitrogen functional groups attached to an aromatic ring is 1. The third kappa shape index (κ3) is 2.16. The number of anilines is 1. The van der Waals surface area contributed by atoms with Crippen molar-refractivity contribution in [3.05, 3.63) is 29.8 Å². The summed E-state index contributed by atoms with van der Waals surface area (Å²) in [5.41, 5.74) is 4.95. The van der Waals surface area contributed by atoms with Crippen molar-refractivity contribution in [3.63, 3.8) is 0 Å². The van der Waals surface area contributed by atoms with Gasteiger partial charge in [0.05, 0.1) is 13.2 Å². The lowest BCUT2D eigenvalue weighted by Crippen LogP contribution is -2.64. The number of fused-ring (bicyclic) bond motifs is 2. The molecule has 2 aliphatic heterocycles. The summed E-state index contributed by atoms with van der Waals surface area (Å²) < 4.78 is 4.96. The number of piperidine rings is 1. The Morgan fingerprint density at radius 1 is 1.39 bits per heavy atom. The minimum Gasteiger partial charge on any atom is -0.468 e. The number of aliphatic hydroxyl groups is 1. The number of benzene rings is 1. The monoisotopic (exact) mass is 318 g/mol. The van der Waals surface area contributed by atoms with E-state index in [1.807, 2.05) is 11.9 Å². The Hall–Kier alpha value is -1.92. The second kappa shape index (κ2) is 5.62. The van der Waals surface area contributed by atoms with Crippen LogP contribution in [-0.4, -0.2) is 54.1 Å². The summed E-state index contributed by atoms with van der Waals surface area (Å²) in [6, 6.07) is 6.34. The van der Waals surface area contributed by atoms with Crippen LogP contribution in [0.1, 0.15) is 29.6 Å². The highest BCUT2D eigenvalue weighted by molar-refractivity contribution is 6.14. The normalized spacial score (nSPS) is 33.4. The Morgan fingerprint density at radius 3 is 2.78 bits per heavy atom. The van der Waals surface area contributed by atoms with Gasteiger partial charge in [-0.25, -0.2) is 0 Å². The van der Waals surface area contributed by atoms with Crippen molar-refractivity contribution < 1.29 is 19.4 Å². The van der Waals surface area contributed by atoms with Crippen LogP contribution in [-0.2, 0) is 9.53 Å². The van der Waals surface area contributed by atoms with Crippen LogP contribution in [0.25, 0.3) is 0 Å². The average molecular weight is 318 g/mol. The van der Waals surface area contributed by atoms with Crippen molar-refractivity contribution in [3.8, 4) is 0 Å². The number of carbonyl (C=O) groups is 2. The summed E-state index contributed by atoms with van der Waals surface area (Å²) in [6.07, 6.45) is 0.871. The minimum atomic E-state index is -1.59. The van der Waals surface area contributed by atoms with Gasteiger partial charge in [0.25, 0.3) is 0 Å². The van der Waals surface area contributed by atoms with E-state index < -0.39 is 23.3 Å². The van der Waals surface area contributed by atoms with E-state index in [2.05, 4.69) is 0 Å². The molecule has 2 saturated heterocycles. The number of methoxy groups -OCH3 is 1. The summed E-state index contributed by atoms with van der Waals surface area (Å²) >= 11 is 0. The molecule has 0 radical (unpaired) electrons. The molecule has 6 nitrogen and oxygen atoms in total. The number of Topliss-reactive ketones (excluding diaryl/α,β-unsaturated/α-hetero) is 1. The van der Waals surface area contributed by atoms with Crippen molar-refractivity contribution in [2.75, 3.05) is 19.9 Å². The fourth-order valence-electron chi connectivity index (χ4n) is 4.27. The van der Waals surface area contributed by atoms with Crippen LogP contribution in [0.4, 0.5) is 5.69 Å². The van der Waals surface area contributed by atoms with Crippen LogP contribution in [0.5, 0.6) is 0 Å². The number of hydrogen-bond acceptors (Lipinski definition) is 6. The molecule has 1 aromatic carbocycles. The Bertz CT molecular complexity index is 647. The van der Waals surface area contributed by atoms with Gasteiger partial charge >= 0.3 is 5.97 Å². The zero-order valence-corrected chi connectivity index (χ0v) is 13.4. The number of carbonyl (C=O) groups excluding carboxylic acids is 2. The van der Waals surface area contributed by atoms with Crippen molar-refractivity contribution in [2.24, 2.45) is 5.41 Å². The molecular weight excluding hydrogens is 296 g/mol. The predicted molar refractivity (Wildman–Crippen MR) is 84.8 cm³/mol. The molecule has 0 spiro atoms. The van der Waals surface area contributed by atoms with Gasteiger partial charge in [0.15, 0.2) is 11.2 Å². The molecule has 2 aliphatic rings. The van der Waals surface area contributed by atoms with Crippen molar-refractivity contribution in [1.29, 1.82) is 0 Å². The van der Waals surface area contributed by atoms with Crippen molar-refractivity contribution >= 4 is 17.4 Å². The third-order valence-electron chi connectivity index (χ3n) is 5.44. The average Bonchev–Trinajstić information content (AvgIpc) is 2.80. The van der Waals surface area contributed by atoms with E-state index >= 15 is 0 Å². The second-order valence-electron chi connectivity index (χ2n) is 6.48. The van der Waals surface area contributed by atoms with Gasteiger partial charge in [-0.1, -0.05) is 12.1 Å². The molecule has 2 fully saturated rings. The quantitative estimate of drug-likeness (QED) is 0.371. The molecular formula is C17H22N2O4. The molecule has 0 aromatic heterocycles. The fraction of sp³-hybridized carbons (Fsp3) is 0.529. The molecule has 1 aromatic rings. The number of nitrogens with zero attached hydrogens (tertiary/aromatic N) is 1. The summed E-state index contributed by atoms with van der Waals surface area (Å²) in [7, 11) is 3.16. The van der Waals surface area contributed by atoms with Gasteiger partial charge in [-0.2, -0.15) is 0 Å². The Morgan fingerprint density at radius 2 is 2.13 bits per heavy atom. The van der Waals surface area contributed by atoms with Gasteiger partial charge in [-0.05, 0) is 38.4 Å². The van der Waals surface area contributed by atoms with E-state index in [-0.39, 0.29) is 12.1 Å². The van der Waals surface area contributed by atoms with E-state index in [1.165, 1.54) is 7.11 Å². The number of ketones is 1. The van der Waals surface area contributed by atoms with E-state index in [0.717, 1.165) is 6.42 Å². The zero-order chi connectivity index (χ0) is 16.8. The van der Waals surface area contributed by atoms with Crippen LogP contribution in [0, 0.1) is 5.41 Å². The van der Waals surface area contributed by atoms with Crippen LogP contribution in [0.3, 0.4) is 0 Å². The van der Waals surface area contributed by atoms with Crippen molar-refractivity contribution in [2.45, 2.75) is 37.5 Å². The van der Waals surface area contributed by atoms with E-state index in [9.17, 15) is 14.7 Å². The number of rotatable bonds is 3. The van der Waals surface area contributed by atoms with Gasteiger partial charge in [0.1, 0.15) is 0 Å². The summed E-state index contributed by atoms with van der Waals surface area (Å²) in [6.45, 7) is 0. The summed E-state index contributed by atoms with van der Waals surface area (Å²) in [5, 5.41) is 10.7. The number of ether oxygens (including phenoxy) is 1. The molecule has 23 heavy (non-hydrogen) atoms. The minimum absolute atomic E-state index is 0.196.